The predicted octanol–water partition coefficient (Wildman–Crippen LogP) is 1.10. The van der Waals surface area contributed by atoms with Gasteiger partial charge in [-0.25, -0.2) is 0 Å². The van der Waals surface area contributed by atoms with Crippen molar-refractivity contribution in [2.75, 3.05) is 0 Å². The van der Waals surface area contributed by atoms with Crippen molar-refractivity contribution in [3.63, 3.8) is 0 Å². The van der Waals surface area contributed by atoms with Gasteiger partial charge >= 0.3 is 131 Å². The standard InChI is InChI=1S/C12H14BrNO3.Tl/c1-12(10(15)14-11(16)17-12)6-8-3-2-4-9(5-8)7-13;/h2-5,11,16H,6-7H2,1H3,(H,14,15);/q;+1/p-1/t11?,12-;/m1./s1. The normalized spacial score (nSPS) is 27.8. The molecule has 1 heterocycles. The molecule has 6 heteroatoms. The third-order valence-corrected chi connectivity index (χ3v) is 5.53. The zero-order chi connectivity index (χ0) is 13.3. The Bertz CT molecular complexity index is 470. The predicted molar refractivity (Wildman–Crippen MR) is 70.9 cm³/mol. The van der Waals surface area contributed by atoms with E-state index in [0.29, 0.717) is 6.42 Å². The maximum absolute atomic E-state index is 12.1. The van der Waals surface area contributed by atoms with Gasteiger partial charge < -0.3 is 0 Å². The van der Waals surface area contributed by atoms with Crippen molar-refractivity contribution in [3.05, 3.63) is 35.4 Å². The average Bonchev–Trinajstić information content (AvgIpc) is 2.53. The number of carbonyl (C=O) groups excluding carboxylic acids is 1. The summed E-state index contributed by atoms with van der Waals surface area (Å²) in [5.74, 6) is -0.121. The van der Waals surface area contributed by atoms with E-state index in [1.807, 2.05) is 24.3 Å². The van der Waals surface area contributed by atoms with Crippen LogP contribution in [-0.2, 0) is 21.3 Å². The number of alkyl halides is 1. The molecule has 18 heavy (non-hydrogen) atoms. The molecule has 1 saturated heterocycles. The second kappa shape index (κ2) is 5.56. The summed E-state index contributed by atoms with van der Waals surface area (Å²) >= 11 is 3.65. The van der Waals surface area contributed by atoms with E-state index in [1.165, 1.54) is 2.71 Å². The van der Waals surface area contributed by atoms with Crippen LogP contribution >= 0.6 is 15.9 Å². The average molecular weight is 504 g/mol. The Kier molecular flexibility index (Phi) is 4.45. The number of amides is 1. The number of rotatable bonds is 3. The third kappa shape index (κ3) is 2.78. The van der Waals surface area contributed by atoms with Crippen LogP contribution < -0.4 is 0 Å². The molecule has 1 fully saturated rings. The van der Waals surface area contributed by atoms with Gasteiger partial charge in [-0.2, -0.15) is 0 Å². The number of carbonyl (C=O) groups is 1. The second-order valence-electron chi connectivity index (χ2n) is 4.52. The van der Waals surface area contributed by atoms with Crippen LogP contribution in [0.25, 0.3) is 0 Å². The molecule has 0 aromatic heterocycles. The van der Waals surface area contributed by atoms with Gasteiger partial charge in [0.25, 0.3) is 0 Å². The number of hydrogen-bond donors (Lipinski definition) is 1. The van der Waals surface area contributed by atoms with Crippen molar-refractivity contribution < 1.29 is 14.6 Å². The zero-order valence-electron chi connectivity index (χ0n) is 9.97. The molecule has 1 aliphatic rings. The molecule has 1 amide bonds. The Morgan fingerprint density at radius 2 is 2.22 bits per heavy atom. The quantitative estimate of drug-likeness (QED) is 0.497. The molecule has 94 valence electrons. The van der Waals surface area contributed by atoms with Crippen molar-refractivity contribution in [1.82, 2.24) is 2.71 Å². The van der Waals surface area contributed by atoms with Gasteiger partial charge in [-0.3, -0.25) is 0 Å². The van der Waals surface area contributed by atoms with E-state index in [1.54, 1.807) is 6.92 Å². The monoisotopic (exact) mass is 503 g/mol. The molecule has 2 rings (SSSR count). The topological polar surface area (TPSA) is 49.8 Å². The molecule has 1 aliphatic heterocycles. The Hall–Kier alpha value is 0.0121. The number of nitrogens with zero attached hydrogens (tertiary/aromatic N) is 1. The molecule has 0 bridgehead atoms. The van der Waals surface area contributed by atoms with Crippen LogP contribution in [0.4, 0.5) is 0 Å². The summed E-state index contributed by atoms with van der Waals surface area (Å²) in [5.41, 5.74) is 1.25. The first-order valence-corrected chi connectivity index (χ1v) is 8.67. The summed E-state index contributed by atoms with van der Waals surface area (Å²) in [7, 11) is 0. The molecule has 2 atom stereocenters. The molecular weight excluding hydrogens is 490 g/mol. The van der Waals surface area contributed by atoms with Crippen molar-refractivity contribution >= 4 is 47.9 Å². The van der Waals surface area contributed by atoms with Crippen LogP contribution in [0.15, 0.2) is 24.3 Å². The zero-order valence-corrected chi connectivity index (χ0v) is 16.0. The summed E-state index contributed by atoms with van der Waals surface area (Å²) < 4.78 is 6.80. The third-order valence-electron chi connectivity index (χ3n) is 2.98. The molecule has 0 aliphatic carbocycles. The van der Waals surface area contributed by atoms with E-state index in [-0.39, 0.29) is 32.0 Å². The van der Waals surface area contributed by atoms with Crippen molar-refractivity contribution in [2.24, 2.45) is 0 Å². The van der Waals surface area contributed by atoms with Crippen LogP contribution in [0, 0.1) is 0 Å². The molecular formula is C12H13BrNO3Tl. The van der Waals surface area contributed by atoms with E-state index >= 15 is 0 Å². The van der Waals surface area contributed by atoms with Crippen LogP contribution in [0.2, 0.25) is 0 Å². The van der Waals surface area contributed by atoms with Gasteiger partial charge in [-0.05, 0) is 0 Å². The van der Waals surface area contributed by atoms with E-state index < -0.39 is 12.0 Å². The number of benzene rings is 1. The Morgan fingerprint density at radius 1 is 1.56 bits per heavy atom. The summed E-state index contributed by atoms with van der Waals surface area (Å²) in [4.78, 5) is 12.1. The van der Waals surface area contributed by atoms with E-state index in [0.717, 1.165) is 16.5 Å². The molecule has 1 unspecified atom stereocenters. The number of aliphatic hydroxyl groups is 1. The van der Waals surface area contributed by atoms with Crippen molar-refractivity contribution in [3.8, 4) is 0 Å². The first kappa shape index (κ1) is 14.4. The van der Waals surface area contributed by atoms with Crippen molar-refractivity contribution in [2.45, 2.75) is 30.7 Å². The molecule has 0 spiro atoms. The van der Waals surface area contributed by atoms with Crippen LogP contribution in [0.3, 0.4) is 0 Å². The summed E-state index contributed by atoms with van der Waals surface area (Å²) in [5, 5.41) is 10.4. The second-order valence-corrected chi connectivity index (χ2v) is 7.24. The molecule has 1 aromatic carbocycles. The number of ether oxygens (including phenoxy) is 1. The summed E-state index contributed by atoms with van der Waals surface area (Å²) in [6.07, 6.45) is -0.598. The maximum atomic E-state index is 12.1. The van der Waals surface area contributed by atoms with E-state index in [9.17, 15) is 9.90 Å². The van der Waals surface area contributed by atoms with Crippen molar-refractivity contribution in [1.29, 1.82) is 0 Å². The van der Waals surface area contributed by atoms with Gasteiger partial charge in [0.1, 0.15) is 0 Å². The fourth-order valence-electron chi connectivity index (χ4n) is 2.04. The minimum absolute atomic E-state index is 0.121. The van der Waals surface area contributed by atoms with Crippen LogP contribution in [-0.4, -0.2) is 51.8 Å². The SMILES string of the molecule is C[C@]1(Cc2cccc(CBr)c2)OC(O)[N]([Tl])C1=O. The summed E-state index contributed by atoms with van der Waals surface area (Å²) in [6.45, 7) is 1.74. The fourth-order valence-corrected chi connectivity index (χ4v) is 3.69. The van der Waals surface area contributed by atoms with Gasteiger partial charge in [-0.1, -0.05) is 0 Å². The van der Waals surface area contributed by atoms with Crippen LogP contribution in [0.1, 0.15) is 18.1 Å². The Balaban J connectivity index is 2.20. The molecule has 4 nitrogen and oxygen atoms in total. The van der Waals surface area contributed by atoms with Gasteiger partial charge in [0, 0.05) is 0 Å². The van der Waals surface area contributed by atoms with Gasteiger partial charge in [-0.15, -0.1) is 0 Å². The number of halogens is 1. The molecule has 0 saturated carbocycles. The van der Waals surface area contributed by atoms with Crippen LogP contribution in [0.5, 0.6) is 0 Å². The molecule has 0 radical (unpaired) electrons. The van der Waals surface area contributed by atoms with Gasteiger partial charge in [0.05, 0.1) is 0 Å². The molecule has 1 N–H and O–H groups in total. The van der Waals surface area contributed by atoms with E-state index in [2.05, 4.69) is 15.9 Å². The first-order chi connectivity index (χ1) is 8.46. The first-order valence-electron chi connectivity index (χ1n) is 5.54. The van der Waals surface area contributed by atoms with Gasteiger partial charge in [0.2, 0.25) is 0 Å². The number of hydrogen-bond acceptors (Lipinski definition) is 3. The Labute approximate surface area is 131 Å². The number of aliphatic hydroxyl groups excluding tert-OH is 1. The van der Waals surface area contributed by atoms with Gasteiger partial charge in [0.15, 0.2) is 0 Å². The minimum atomic E-state index is -1.08. The fraction of sp³-hybridized carbons (Fsp3) is 0.417. The van der Waals surface area contributed by atoms with E-state index in [4.69, 9.17) is 4.74 Å². The molecule has 1 aromatic rings. The summed E-state index contributed by atoms with van der Waals surface area (Å²) in [6, 6.07) is 8.00. The Morgan fingerprint density at radius 3 is 2.78 bits per heavy atom.